The van der Waals surface area contributed by atoms with E-state index >= 15 is 0 Å². The Morgan fingerprint density at radius 1 is 1.24 bits per heavy atom. The lowest BCUT2D eigenvalue weighted by Gasteiger charge is -2.26. The molecule has 0 aromatic carbocycles. The molecule has 0 spiro atoms. The average Bonchev–Trinajstić information content (AvgIpc) is 2.90. The molecule has 3 heterocycles. The van der Waals surface area contributed by atoms with E-state index in [0.29, 0.717) is 26.3 Å². The Balaban J connectivity index is 1.84. The summed E-state index contributed by atoms with van der Waals surface area (Å²) in [6.45, 7) is 1.86. The van der Waals surface area contributed by atoms with Crippen LogP contribution in [-0.4, -0.2) is 56.8 Å². The molecule has 0 unspecified atom stereocenters. The molecule has 9 nitrogen and oxygen atoms in total. The Morgan fingerprint density at radius 3 is 2.67 bits per heavy atom. The zero-order chi connectivity index (χ0) is 14.7. The third kappa shape index (κ3) is 2.82. The molecule has 1 amide bonds. The van der Waals surface area contributed by atoms with Crippen LogP contribution in [0.4, 0.5) is 0 Å². The second kappa shape index (κ2) is 5.83. The second-order valence-corrected chi connectivity index (χ2v) is 4.42. The number of morpholine rings is 1. The van der Waals surface area contributed by atoms with Crippen LogP contribution in [-0.2, 0) is 16.1 Å². The summed E-state index contributed by atoms with van der Waals surface area (Å²) >= 11 is 0. The third-order valence-electron chi connectivity index (χ3n) is 3.11. The Hall–Kier alpha value is -2.55. The maximum absolute atomic E-state index is 12.2. The molecular formula is C12H13N5O4. The summed E-state index contributed by atoms with van der Waals surface area (Å²) in [7, 11) is 0. The first-order chi connectivity index (χ1) is 10.3. The largest absolute Gasteiger partial charge is 0.442 e. The highest BCUT2D eigenvalue weighted by Crippen LogP contribution is 2.09. The van der Waals surface area contributed by atoms with Gasteiger partial charge in [-0.2, -0.15) is 0 Å². The minimum atomic E-state index is -0.709. The highest BCUT2D eigenvalue weighted by molar-refractivity contribution is 5.76. The van der Waals surface area contributed by atoms with Crippen molar-refractivity contribution in [3.05, 3.63) is 29.0 Å². The molecule has 0 atom stereocenters. The molecule has 1 aliphatic heterocycles. The van der Waals surface area contributed by atoms with Gasteiger partial charge >= 0.3 is 5.76 Å². The first-order valence-electron chi connectivity index (χ1n) is 6.45. The molecule has 1 fully saturated rings. The number of aromatic nitrogens is 4. The summed E-state index contributed by atoms with van der Waals surface area (Å²) in [5.74, 6) is -0.528. The zero-order valence-electron chi connectivity index (χ0n) is 11.1. The normalized spacial score (nSPS) is 15.1. The van der Waals surface area contributed by atoms with Crippen molar-refractivity contribution in [3.8, 4) is 11.6 Å². The molecule has 9 heteroatoms. The summed E-state index contributed by atoms with van der Waals surface area (Å²) in [6, 6.07) is 1.64. The van der Waals surface area contributed by atoms with E-state index in [1.807, 2.05) is 0 Å². The van der Waals surface area contributed by atoms with E-state index in [4.69, 9.17) is 4.74 Å². The minimum Gasteiger partial charge on any atom is -0.378 e. The fraction of sp³-hybridized carbons (Fsp3) is 0.417. The van der Waals surface area contributed by atoms with Crippen LogP contribution in [0.5, 0.6) is 0 Å². The fourth-order valence-corrected chi connectivity index (χ4v) is 2.03. The quantitative estimate of drug-likeness (QED) is 0.725. The Labute approximate surface area is 119 Å². The van der Waals surface area contributed by atoms with Crippen LogP contribution < -0.4 is 5.76 Å². The predicted molar refractivity (Wildman–Crippen MR) is 69.2 cm³/mol. The summed E-state index contributed by atoms with van der Waals surface area (Å²) in [6.07, 6.45) is 3.05. The first-order valence-corrected chi connectivity index (χ1v) is 6.45. The number of ether oxygens (including phenoxy) is 1. The fourth-order valence-electron chi connectivity index (χ4n) is 2.03. The number of carbonyl (C=O) groups is 1. The van der Waals surface area contributed by atoms with Crippen molar-refractivity contribution in [2.75, 3.05) is 26.3 Å². The van der Waals surface area contributed by atoms with Crippen LogP contribution in [0.2, 0.25) is 0 Å². The molecule has 0 bridgehead atoms. The van der Waals surface area contributed by atoms with Crippen molar-refractivity contribution in [2.24, 2.45) is 0 Å². The van der Waals surface area contributed by atoms with Crippen molar-refractivity contribution in [3.63, 3.8) is 0 Å². The molecule has 2 aromatic heterocycles. The molecule has 2 aromatic rings. The van der Waals surface area contributed by atoms with Crippen LogP contribution in [0.15, 0.2) is 27.8 Å². The van der Waals surface area contributed by atoms with E-state index in [9.17, 15) is 9.59 Å². The number of amides is 1. The topological polar surface area (TPSA) is 103 Å². The van der Waals surface area contributed by atoms with E-state index in [2.05, 4.69) is 19.6 Å². The summed E-state index contributed by atoms with van der Waals surface area (Å²) in [4.78, 5) is 33.6. The third-order valence-corrected chi connectivity index (χ3v) is 3.11. The minimum absolute atomic E-state index is 0.141. The zero-order valence-corrected chi connectivity index (χ0v) is 11.1. The van der Waals surface area contributed by atoms with Crippen LogP contribution in [0, 0.1) is 0 Å². The molecule has 1 saturated heterocycles. The van der Waals surface area contributed by atoms with E-state index < -0.39 is 5.76 Å². The number of hydrogen-bond acceptors (Lipinski definition) is 7. The monoisotopic (exact) mass is 291 g/mol. The first kappa shape index (κ1) is 13.4. The number of rotatable bonds is 3. The smallest absolute Gasteiger partial charge is 0.378 e. The van der Waals surface area contributed by atoms with Gasteiger partial charge in [-0.05, 0) is 6.07 Å². The van der Waals surface area contributed by atoms with E-state index in [1.54, 1.807) is 11.0 Å². The molecule has 3 rings (SSSR count). The lowest BCUT2D eigenvalue weighted by molar-refractivity contribution is -0.135. The second-order valence-electron chi connectivity index (χ2n) is 4.42. The van der Waals surface area contributed by atoms with E-state index in [-0.39, 0.29) is 24.1 Å². The summed E-state index contributed by atoms with van der Waals surface area (Å²) < 4.78 is 10.9. The van der Waals surface area contributed by atoms with Gasteiger partial charge in [-0.15, -0.1) is 0 Å². The van der Waals surface area contributed by atoms with Gasteiger partial charge in [0.15, 0.2) is 5.82 Å². The van der Waals surface area contributed by atoms with Gasteiger partial charge in [-0.1, -0.05) is 5.16 Å². The van der Waals surface area contributed by atoms with E-state index in [0.717, 1.165) is 4.57 Å². The lowest BCUT2D eigenvalue weighted by atomic mass is 10.4. The Kier molecular flexibility index (Phi) is 3.73. The molecule has 0 radical (unpaired) electrons. The van der Waals surface area contributed by atoms with Gasteiger partial charge < -0.3 is 9.64 Å². The molecule has 110 valence electrons. The average molecular weight is 291 g/mol. The number of nitrogens with zero attached hydrogens (tertiary/aromatic N) is 5. The lowest BCUT2D eigenvalue weighted by Crippen LogP contribution is -2.43. The molecular weight excluding hydrogens is 278 g/mol. The van der Waals surface area contributed by atoms with E-state index in [1.165, 1.54) is 12.4 Å². The molecule has 0 N–H and O–H groups in total. The van der Waals surface area contributed by atoms with Crippen molar-refractivity contribution < 1.29 is 14.1 Å². The number of hydrogen-bond donors (Lipinski definition) is 0. The maximum atomic E-state index is 12.2. The highest BCUT2D eigenvalue weighted by Gasteiger charge is 2.22. The van der Waals surface area contributed by atoms with Crippen molar-refractivity contribution in [1.29, 1.82) is 0 Å². The van der Waals surface area contributed by atoms with Crippen LogP contribution in [0.3, 0.4) is 0 Å². The highest BCUT2D eigenvalue weighted by atomic mass is 16.5. The van der Waals surface area contributed by atoms with Gasteiger partial charge in [0.05, 0.1) is 13.2 Å². The Morgan fingerprint density at radius 2 is 1.95 bits per heavy atom. The standard InChI is InChI=1S/C12H13N5O4/c18-9(16-4-6-20-7-5-16)8-17-11(15-21-12(17)19)10-13-2-1-3-14-10/h1-3H,4-8H2. The van der Waals surface area contributed by atoms with Crippen molar-refractivity contribution in [2.45, 2.75) is 6.54 Å². The van der Waals surface area contributed by atoms with Crippen LogP contribution in [0.1, 0.15) is 0 Å². The van der Waals surface area contributed by atoms with Crippen LogP contribution >= 0.6 is 0 Å². The van der Waals surface area contributed by atoms with Gasteiger partial charge in [0, 0.05) is 25.5 Å². The molecule has 0 saturated carbocycles. The summed E-state index contributed by atoms with van der Waals surface area (Å²) in [5, 5.41) is 3.64. The molecule has 21 heavy (non-hydrogen) atoms. The summed E-state index contributed by atoms with van der Waals surface area (Å²) in [5.41, 5.74) is 0. The number of carbonyl (C=O) groups excluding carboxylic acids is 1. The van der Waals surface area contributed by atoms with Crippen LogP contribution in [0.25, 0.3) is 11.6 Å². The SMILES string of the molecule is O=C(Cn1c(-c2ncccn2)noc1=O)N1CCOCC1. The van der Waals surface area contributed by atoms with Crippen molar-refractivity contribution in [1.82, 2.24) is 24.6 Å². The van der Waals surface area contributed by atoms with Gasteiger partial charge in [-0.3, -0.25) is 9.32 Å². The van der Waals surface area contributed by atoms with Gasteiger partial charge in [0.2, 0.25) is 11.7 Å². The molecule has 1 aliphatic rings. The Bertz CT molecular complexity index is 674. The predicted octanol–water partition coefficient (Wildman–Crippen LogP) is -0.848. The van der Waals surface area contributed by atoms with Gasteiger partial charge in [0.1, 0.15) is 6.54 Å². The van der Waals surface area contributed by atoms with Crippen molar-refractivity contribution >= 4 is 5.91 Å². The van der Waals surface area contributed by atoms with Gasteiger partial charge in [0.25, 0.3) is 0 Å². The van der Waals surface area contributed by atoms with Gasteiger partial charge in [-0.25, -0.2) is 19.3 Å². The maximum Gasteiger partial charge on any atom is 0.442 e. The molecule has 0 aliphatic carbocycles.